The van der Waals surface area contributed by atoms with Gasteiger partial charge in [-0.2, -0.15) is 4.31 Å². The zero-order valence-electron chi connectivity index (χ0n) is 15.4. The van der Waals surface area contributed by atoms with Gasteiger partial charge in [-0.1, -0.05) is 23.8 Å². The average Bonchev–Trinajstić information content (AvgIpc) is 2.60. The van der Waals surface area contributed by atoms with Crippen molar-refractivity contribution in [2.24, 2.45) is 0 Å². The Bertz CT molecular complexity index is 864. The van der Waals surface area contributed by atoms with Gasteiger partial charge in [-0.15, -0.1) is 0 Å². The second kappa shape index (κ2) is 8.29. The molecule has 8 heteroatoms. The van der Waals surface area contributed by atoms with Crippen LogP contribution < -0.4 is 10.2 Å². The number of aromatic nitrogens is 1. The van der Waals surface area contributed by atoms with Crippen LogP contribution in [-0.4, -0.2) is 51.3 Å². The molecule has 0 aliphatic carbocycles. The lowest BCUT2D eigenvalue weighted by Crippen LogP contribution is -2.38. The summed E-state index contributed by atoms with van der Waals surface area (Å²) >= 11 is 0. The maximum Gasteiger partial charge on any atom is 0.243 e. The highest BCUT2D eigenvalue weighted by Gasteiger charge is 2.22. The molecule has 1 aromatic heterocycles. The quantitative estimate of drug-likeness (QED) is 0.790. The molecule has 0 saturated heterocycles. The third kappa shape index (κ3) is 4.80. The lowest BCUT2D eigenvalue weighted by molar-refractivity contribution is -0.121. The van der Waals surface area contributed by atoms with Gasteiger partial charge in [-0.05, 0) is 25.1 Å². The Kier molecular flexibility index (Phi) is 6.33. The minimum atomic E-state index is -3.70. The maximum atomic E-state index is 12.5. The standard InChI is InChI=1S/C18H24N4O3S/c1-14-7-9-16(10-8-14)26(24,25)22(4)13-17(23)20-12-15-6-5-11-19-18(15)21(2)3/h5-11H,12-13H2,1-4H3,(H,20,23). The molecule has 0 radical (unpaired) electrons. The van der Waals surface area contributed by atoms with Gasteiger partial charge in [0.2, 0.25) is 15.9 Å². The molecule has 0 fully saturated rings. The summed E-state index contributed by atoms with van der Waals surface area (Å²) in [7, 11) is 1.43. The predicted octanol–water partition coefficient (Wildman–Crippen LogP) is 1.39. The van der Waals surface area contributed by atoms with Crippen LogP contribution in [0.3, 0.4) is 0 Å². The highest BCUT2D eigenvalue weighted by molar-refractivity contribution is 7.89. The van der Waals surface area contributed by atoms with Gasteiger partial charge in [-0.3, -0.25) is 4.79 Å². The van der Waals surface area contributed by atoms with Crippen LogP contribution in [0.1, 0.15) is 11.1 Å². The topological polar surface area (TPSA) is 82.6 Å². The number of rotatable bonds is 7. The van der Waals surface area contributed by atoms with Crippen LogP contribution in [0.2, 0.25) is 0 Å². The molecule has 0 aliphatic rings. The Morgan fingerprint density at radius 3 is 2.38 bits per heavy atom. The number of aryl methyl sites for hydroxylation is 1. The Morgan fingerprint density at radius 2 is 1.77 bits per heavy atom. The Morgan fingerprint density at radius 1 is 1.12 bits per heavy atom. The summed E-state index contributed by atoms with van der Waals surface area (Å²) < 4.78 is 26.1. The van der Waals surface area contributed by atoms with Gasteiger partial charge >= 0.3 is 0 Å². The summed E-state index contributed by atoms with van der Waals surface area (Å²) in [6.07, 6.45) is 1.68. The number of nitrogens with one attached hydrogen (secondary N) is 1. The maximum absolute atomic E-state index is 12.5. The molecule has 26 heavy (non-hydrogen) atoms. The van der Waals surface area contributed by atoms with Crippen molar-refractivity contribution in [3.63, 3.8) is 0 Å². The number of carbonyl (C=O) groups excluding carboxylic acids is 1. The van der Waals surface area contributed by atoms with Gasteiger partial charge in [0.15, 0.2) is 0 Å². The van der Waals surface area contributed by atoms with E-state index < -0.39 is 10.0 Å². The highest BCUT2D eigenvalue weighted by Crippen LogP contribution is 2.15. The first-order chi connectivity index (χ1) is 12.2. The molecule has 140 valence electrons. The van der Waals surface area contributed by atoms with Crippen LogP contribution in [0.15, 0.2) is 47.5 Å². The number of hydrogen-bond acceptors (Lipinski definition) is 5. The largest absolute Gasteiger partial charge is 0.362 e. The lowest BCUT2D eigenvalue weighted by atomic mass is 10.2. The average molecular weight is 376 g/mol. The van der Waals surface area contributed by atoms with Crippen molar-refractivity contribution in [3.05, 3.63) is 53.7 Å². The fraction of sp³-hybridized carbons (Fsp3) is 0.333. The number of anilines is 1. The number of hydrogen-bond donors (Lipinski definition) is 1. The molecule has 2 rings (SSSR count). The SMILES string of the molecule is Cc1ccc(S(=O)(=O)N(C)CC(=O)NCc2cccnc2N(C)C)cc1. The third-order valence-corrected chi connectivity index (χ3v) is 5.68. The van der Waals surface area contributed by atoms with E-state index in [2.05, 4.69) is 10.3 Å². The molecular formula is C18H24N4O3S. The predicted molar refractivity (Wildman–Crippen MR) is 101 cm³/mol. The highest BCUT2D eigenvalue weighted by atomic mass is 32.2. The van der Waals surface area contributed by atoms with Crippen molar-refractivity contribution in [2.75, 3.05) is 32.6 Å². The summed E-state index contributed by atoms with van der Waals surface area (Å²) in [4.78, 5) is 18.5. The second-order valence-corrected chi connectivity index (χ2v) is 8.28. The number of nitrogens with zero attached hydrogens (tertiary/aromatic N) is 3. The smallest absolute Gasteiger partial charge is 0.243 e. The van der Waals surface area contributed by atoms with Gasteiger partial charge in [-0.25, -0.2) is 13.4 Å². The number of sulfonamides is 1. The first-order valence-electron chi connectivity index (χ1n) is 8.12. The van der Waals surface area contributed by atoms with Crippen molar-refractivity contribution in [3.8, 4) is 0 Å². The van der Waals surface area contributed by atoms with Crippen LogP contribution >= 0.6 is 0 Å². The Hall–Kier alpha value is -2.45. The number of benzene rings is 1. The lowest BCUT2D eigenvalue weighted by Gasteiger charge is -2.18. The molecule has 0 spiro atoms. The molecule has 0 bridgehead atoms. The van der Waals surface area contributed by atoms with Gasteiger partial charge in [0, 0.05) is 39.4 Å². The molecule has 0 unspecified atom stereocenters. The molecular weight excluding hydrogens is 352 g/mol. The first kappa shape index (κ1) is 19.9. The van der Waals surface area contributed by atoms with E-state index in [4.69, 9.17) is 0 Å². The monoisotopic (exact) mass is 376 g/mol. The van der Waals surface area contributed by atoms with Crippen LogP contribution in [-0.2, 0) is 21.4 Å². The molecule has 0 saturated carbocycles. The number of amides is 1. The molecule has 1 heterocycles. The van der Waals surface area contributed by atoms with E-state index in [0.29, 0.717) is 0 Å². The van der Waals surface area contributed by atoms with E-state index in [1.165, 1.54) is 19.2 Å². The third-order valence-electron chi connectivity index (χ3n) is 3.86. The van der Waals surface area contributed by atoms with E-state index in [0.717, 1.165) is 21.2 Å². The summed E-state index contributed by atoms with van der Waals surface area (Å²) in [6.45, 7) is 1.90. The van der Waals surface area contributed by atoms with Crippen molar-refractivity contribution >= 4 is 21.7 Å². The summed E-state index contributed by atoms with van der Waals surface area (Å²) in [5.74, 6) is 0.380. The zero-order valence-corrected chi connectivity index (χ0v) is 16.2. The van der Waals surface area contributed by atoms with Gasteiger partial charge in [0.05, 0.1) is 11.4 Å². The molecule has 1 amide bonds. The molecule has 0 aliphatic heterocycles. The van der Waals surface area contributed by atoms with E-state index >= 15 is 0 Å². The van der Waals surface area contributed by atoms with Gasteiger partial charge in [0.1, 0.15) is 5.82 Å². The summed E-state index contributed by atoms with van der Waals surface area (Å²) in [6, 6.07) is 10.2. The number of likely N-dealkylation sites (N-methyl/N-ethyl adjacent to an activating group) is 1. The van der Waals surface area contributed by atoms with Gasteiger partial charge in [0.25, 0.3) is 0 Å². The second-order valence-electron chi connectivity index (χ2n) is 6.23. The molecule has 1 N–H and O–H groups in total. The number of pyridine rings is 1. The van der Waals surface area contributed by atoms with Crippen LogP contribution in [0.25, 0.3) is 0 Å². The molecule has 2 aromatic rings. The normalized spacial score (nSPS) is 11.4. The molecule has 7 nitrogen and oxygen atoms in total. The Balaban J connectivity index is 2.00. The fourth-order valence-electron chi connectivity index (χ4n) is 2.40. The fourth-order valence-corrected chi connectivity index (χ4v) is 3.53. The summed E-state index contributed by atoms with van der Waals surface area (Å²) in [5, 5.41) is 2.75. The van der Waals surface area contributed by atoms with Gasteiger partial charge < -0.3 is 10.2 Å². The minimum absolute atomic E-state index is 0.167. The van der Waals surface area contributed by atoms with Crippen LogP contribution in [0.5, 0.6) is 0 Å². The zero-order chi connectivity index (χ0) is 19.3. The number of carbonyl (C=O) groups is 1. The summed E-state index contributed by atoms with van der Waals surface area (Å²) in [5.41, 5.74) is 1.83. The van der Waals surface area contributed by atoms with Crippen molar-refractivity contribution in [2.45, 2.75) is 18.4 Å². The van der Waals surface area contributed by atoms with Crippen LogP contribution in [0.4, 0.5) is 5.82 Å². The Labute approximate surface area is 154 Å². The minimum Gasteiger partial charge on any atom is -0.362 e. The van der Waals surface area contributed by atoms with Crippen LogP contribution in [0, 0.1) is 6.92 Å². The van der Waals surface area contributed by atoms with E-state index in [1.54, 1.807) is 24.4 Å². The van der Waals surface area contributed by atoms with E-state index in [1.807, 2.05) is 32.0 Å². The van der Waals surface area contributed by atoms with Crippen molar-refractivity contribution < 1.29 is 13.2 Å². The molecule has 1 aromatic carbocycles. The van der Waals surface area contributed by atoms with E-state index in [-0.39, 0.29) is 23.9 Å². The van der Waals surface area contributed by atoms with E-state index in [9.17, 15) is 13.2 Å². The van der Waals surface area contributed by atoms with Crippen molar-refractivity contribution in [1.82, 2.24) is 14.6 Å². The van der Waals surface area contributed by atoms with Crippen molar-refractivity contribution in [1.29, 1.82) is 0 Å². The molecule has 0 atom stereocenters. The first-order valence-corrected chi connectivity index (χ1v) is 9.56.